The number of nitrogens with zero attached hydrogens (tertiary/aromatic N) is 3. The summed E-state index contributed by atoms with van der Waals surface area (Å²) in [6, 6.07) is 10.4. The molecule has 2 aromatic heterocycles. The van der Waals surface area contributed by atoms with Gasteiger partial charge in [0.25, 0.3) is 0 Å². The summed E-state index contributed by atoms with van der Waals surface area (Å²) in [5.41, 5.74) is 2.06. The van der Waals surface area contributed by atoms with Gasteiger partial charge in [0.05, 0.1) is 11.6 Å². The highest BCUT2D eigenvalue weighted by Gasteiger charge is 2.04. The number of H-pyrrole nitrogens is 1. The summed E-state index contributed by atoms with van der Waals surface area (Å²) in [7, 11) is 0. The molecule has 0 amide bonds. The van der Waals surface area contributed by atoms with Crippen molar-refractivity contribution < 1.29 is 0 Å². The summed E-state index contributed by atoms with van der Waals surface area (Å²) < 4.78 is 0. The van der Waals surface area contributed by atoms with Crippen LogP contribution in [-0.2, 0) is 6.42 Å². The molecular formula is C13H14ClN5. The topological polar surface area (TPSA) is 66.5 Å². The van der Waals surface area contributed by atoms with Gasteiger partial charge in [-0.2, -0.15) is 5.10 Å². The fraction of sp³-hybridized carbons (Fsp3) is 0.154. The standard InChI is InChI=1S/C13H13N5.ClH/c1-2-4-10(5-3-1)6-7-14-12-11-8-17-18-13(11)16-9-15-12;/h1-5,8-9H,6-7H2,(H2,14,15,16,17,18);1H. The van der Waals surface area contributed by atoms with E-state index in [-0.39, 0.29) is 12.4 Å². The number of fused-ring (bicyclic) bond motifs is 1. The number of benzene rings is 1. The molecule has 0 unspecified atom stereocenters. The molecule has 5 nitrogen and oxygen atoms in total. The molecule has 2 N–H and O–H groups in total. The molecule has 2 heterocycles. The summed E-state index contributed by atoms with van der Waals surface area (Å²) in [5, 5.41) is 11.0. The van der Waals surface area contributed by atoms with Gasteiger partial charge in [-0.1, -0.05) is 30.3 Å². The third-order valence-electron chi connectivity index (χ3n) is 2.80. The lowest BCUT2D eigenvalue weighted by Crippen LogP contribution is -2.06. The summed E-state index contributed by atoms with van der Waals surface area (Å²) in [4.78, 5) is 8.33. The van der Waals surface area contributed by atoms with Gasteiger partial charge in [0.2, 0.25) is 0 Å². The second-order valence-electron chi connectivity index (χ2n) is 4.02. The molecule has 6 heteroatoms. The highest BCUT2D eigenvalue weighted by atomic mass is 35.5. The van der Waals surface area contributed by atoms with E-state index in [1.165, 1.54) is 11.9 Å². The predicted molar refractivity (Wildman–Crippen MR) is 77.6 cm³/mol. The third-order valence-corrected chi connectivity index (χ3v) is 2.80. The van der Waals surface area contributed by atoms with E-state index in [2.05, 4.69) is 37.6 Å². The maximum Gasteiger partial charge on any atom is 0.160 e. The van der Waals surface area contributed by atoms with Gasteiger partial charge in [0, 0.05) is 6.54 Å². The third kappa shape index (κ3) is 3.00. The van der Waals surface area contributed by atoms with E-state index >= 15 is 0 Å². The molecule has 0 aliphatic heterocycles. The molecule has 3 rings (SSSR count). The molecule has 0 bridgehead atoms. The van der Waals surface area contributed by atoms with Crippen molar-refractivity contribution in [3.8, 4) is 0 Å². The second-order valence-corrected chi connectivity index (χ2v) is 4.02. The number of hydrogen-bond acceptors (Lipinski definition) is 4. The van der Waals surface area contributed by atoms with Gasteiger partial charge in [-0.15, -0.1) is 12.4 Å². The van der Waals surface area contributed by atoms with Crippen LogP contribution in [0.15, 0.2) is 42.9 Å². The maximum atomic E-state index is 4.23. The minimum Gasteiger partial charge on any atom is -0.369 e. The highest BCUT2D eigenvalue weighted by Crippen LogP contribution is 2.15. The van der Waals surface area contributed by atoms with Crippen LogP contribution < -0.4 is 5.32 Å². The Bertz CT molecular complexity index is 638. The van der Waals surface area contributed by atoms with E-state index in [1.807, 2.05) is 18.2 Å². The molecule has 0 saturated heterocycles. The Balaban J connectivity index is 0.00000133. The second kappa shape index (κ2) is 6.15. The van der Waals surface area contributed by atoms with Crippen molar-refractivity contribution in [1.29, 1.82) is 0 Å². The van der Waals surface area contributed by atoms with Crippen LogP contribution in [0.1, 0.15) is 5.56 Å². The molecule has 0 aliphatic carbocycles. The molecule has 0 radical (unpaired) electrons. The van der Waals surface area contributed by atoms with Crippen LogP contribution in [0.5, 0.6) is 0 Å². The van der Waals surface area contributed by atoms with E-state index < -0.39 is 0 Å². The zero-order chi connectivity index (χ0) is 12.2. The van der Waals surface area contributed by atoms with Gasteiger partial charge in [-0.05, 0) is 12.0 Å². The minimum atomic E-state index is 0. The molecule has 0 atom stereocenters. The number of aromatic amines is 1. The Morgan fingerprint density at radius 1 is 1.11 bits per heavy atom. The Hall–Kier alpha value is -2.14. The molecule has 0 fully saturated rings. The van der Waals surface area contributed by atoms with Crippen LogP contribution in [-0.4, -0.2) is 26.7 Å². The average Bonchev–Trinajstić information content (AvgIpc) is 2.89. The fourth-order valence-electron chi connectivity index (χ4n) is 1.88. The average molecular weight is 276 g/mol. The number of aromatic nitrogens is 4. The van der Waals surface area contributed by atoms with Crippen molar-refractivity contribution in [1.82, 2.24) is 20.2 Å². The number of rotatable bonds is 4. The van der Waals surface area contributed by atoms with Gasteiger partial charge in [-0.25, -0.2) is 9.97 Å². The lowest BCUT2D eigenvalue weighted by molar-refractivity contribution is 1.01. The summed E-state index contributed by atoms with van der Waals surface area (Å²) >= 11 is 0. The van der Waals surface area contributed by atoms with Crippen LogP contribution in [0.2, 0.25) is 0 Å². The smallest absolute Gasteiger partial charge is 0.160 e. The van der Waals surface area contributed by atoms with E-state index in [4.69, 9.17) is 0 Å². The largest absolute Gasteiger partial charge is 0.369 e. The zero-order valence-corrected chi connectivity index (χ0v) is 11.0. The predicted octanol–water partition coefficient (Wildman–Crippen LogP) is 2.43. The van der Waals surface area contributed by atoms with Crippen molar-refractivity contribution in [3.05, 3.63) is 48.4 Å². The van der Waals surface area contributed by atoms with Crippen LogP contribution >= 0.6 is 12.4 Å². The Kier molecular flexibility index (Phi) is 4.30. The molecule has 19 heavy (non-hydrogen) atoms. The Labute approximate surface area is 116 Å². The maximum absolute atomic E-state index is 4.23. The molecular weight excluding hydrogens is 262 g/mol. The van der Waals surface area contributed by atoms with Crippen LogP contribution in [0.25, 0.3) is 11.0 Å². The van der Waals surface area contributed by atoms with Crippen molar-refractivity contribution in [2.75, 3.05) is 11.9 Å². The minimum absolute atomic E-state index is 0. The Morgan fingerprint density at radius 2 is 1.95 bits per heavy atom. The molecule has 1 aromatic carbocycles. The lowest BCUT2D eigenvalue weighted by Gasteiger charge is -2.05. The first kappa shape index (κ1) is 13.3. The first-order valence-electron chi connectivity index (χ1n) is 5.85. The van der Waals surface area contributed by atoms with Crippen molar-refractivity contribution in [2.24, 2.45) is 0 Å². The highest BCUT2D eigenvalue weighted by molar-refractivity contribution is 5.85. The Morgan fingerprint density at radius 3 is 2.79 bits per heavy atom. The lowest BCUT2D eigenvalue weighted by atomic mass is 10.1. The van der Waals surface area contributed by atoms with Crippen LogP contribution in [0.3, 0.4) is 0 Å². The van der Waals surface area contributed by atoms with E-state index in [0.717, 1.165) is 29.8 Å². The van der Waals surface area contributed by atoms with Crippen molar-refractivity contribution >= 4 is 29.3 Å². The van der Waals surface area contributed by atoms with Gasteiger partial charge in [-0.3, -0.25) is 5.10 Å². The molecule has 0 spiro atoms. The molecule has 3 aromatic rings. The normalized spacial score (nSPS) is 10.1. The summed E-state index contributed by atoms with van der Waals surface area (Å²) in [6.45, 7) is 0.835. The first-order valence-corrected chi connectivity index (χ1v) is 5.85. The number of anilines is 1. The monoisotopic (exact) mass is 275 g/mol. The quantitative estimate of drug-likeness (QED) is 0.767. The SMILES string of the molecule is Cl.c1ccc(CCNc2ncnc3[nH]ncc23)cc1. The van der Waals surface area contributed by atoms with E-state index in [0.29, 0.717) is 0 Å². The molecule has 98 valence electrons. The van der Waals surface area contributed by atoms with E-state index in [1.54, 1.807) is 6.20 Å². The fourth-order valence-corrected chi connectivity index (χ4v) is 1.88. The van der Waals surface area contributed by atoms with Crippen molar-refractivity contribution in [3.63, 3.8) is 0 Å². The summed E-state index contributed by atoms with van der Waals surface area (Å²) in [5.74, 6) is 0.824. The first-order chi connectivity index (χ1) is 8.93. The van der Waals surface area contributed by atoms with Gasteiger partial charge >= 0.3 is 0 Å². The van der Waals surface area contributed by atoms with Gasteiger partial charge < -0.3 is 5.32 Å². The number of nitrogens with one attached hydrogen (secondary N) is 2. The molecule has 0 aliphatic rings. The summed E-state index contributed by atoms with van der Waals surface area (Å²) in [6.07, 6.45) is 4.23. The van der Waals surface area contributed by atoms with Gasteiger partial charge in [0.15, 0.2) is 5.65 Å². The number of halogens is 1. The zero-order valence-electron chi connectivity index (χ0n) is 10.2. The number of hydrogen-bond donors (Lipinski definition) is 2. The van der Waals surface area contributed by atoms with E-state index in [9.17, 15) is 0 Å². The van der Waals surface area contributed by atoms with Crippen LogP contribution in [0.4, 0.5) is 5.82 Å². The van der Waals surface area contributed by atoms with Crippen molar-refractivity contribution in [2.45, 2.75) is 6.42 Å². The molecule has 0 saturated carbocycles. The van der Waals surface area contributed by atoms with Crippen LogP contribution in [0, 0.1) is 0 Å². The van der Waals surface area contributed by atoms with Gasteiger partial charge in [0.1, 0.15) is 12.1 Å².